The average Bonchev–Trinajstić information content (AvgIpc) is 2.64. The molecule has 0 atom stereocenters. The summed E-state index contributed by atoms with van der Waals surface area (Å²) in [6.07, 6.45) is 2.06. The summed E-state index contributed by atoms with van der Waals surface area (Å²) in [6, 6.07) is 14.3. The van der Waals surface area contributed by atoms with Crippen LogP contribution >= 0.6 is 0 Å². The van der Waals surface area contributed by atoms with Gasteiger partial charge >= 0.3 is 0 Å². The van der Waals surface area contributed by atoms with Gasteiger partial charge in [-0.05, 0) is 61.3 Å². The van der Waals surface area contributed by atoms with Crippen molar-refractivity contribution >= 4 is 0 Å². The molecule has 5 heteroatoms. The van der Waals surface area contributed by atoms with E-state index < -0.39 is 11.6 Å². The maximum atomic E-state index is 13.3. The Kier molecular flexibility index (Phi) is 5.75. The highest BCUT2D eigenvalue weighted by Crippen LogP contribution is 2.16. The molecular weight excluding hydrogens is 320 g/mol. The zero-order chi connectivity index (χ0) is 17.6. The molecule has 2 aromatic rings. The Morgan fingerprint density at radius 3 is 2.32 bits per heavy atom. The van der Waals surface area contributed by atoms with Crippen LogP contribution in [0.15, 0.2) is 42.5 Å². The summed E-state index contributed by atoms with van der Waals surface area (Å²) in [5.74, 6) is -1.58. The Balaban J connectivity index is 1.43. The van der Waals surface area contributed by atoms with E-state index in [9.17, 15) is 8.78 Å². The van der Waals surface area contributed by atoms with Crippen LogP contribution in [-0.2, 0) is 13.1 Å². The van der Waals surface area contributed by atoms with Gasteiger partial charge in [0.1, 0.15) is 0 Å². The van der Waals surface area contributed by atoms with Crippen molar-refractivity contribution < 1.29 is 8.78 Å². The number of benzene rings is 2. The van der Waals surface area contributed by atoms with E-state index in [4.69, 9.17) is 5.26 Å². The van der Waals surface area contributed by atoms with Gasteiger partial charge < -0.3 is 5.32 Å². The van der Waals surface area contributed by atoms with Crippen molar-refractivity contribution in [3.63, 3.8) is 0 Å². The number of nitrogens with zero attached hydrogens (tertiary/aromatic N) is 2. The Bertz CT molecular complexity index is 745. The predicted molar refractivity (Wildman–Crippen MR) is 92.7 cm³/mol. The lowest BCUT2D eigenvalue weighted by atomic mass is 10.0. The van der Waals surface area contributed by atoms with Crippen LogP contribution in [0.4, 0.5) is 8.78 Å². The quantitative estimate of drug-likeness (QED) is 0.903. The van der Waals surface area contributed by atoms with Gasteiger partial charge in [0.25, 0.3) is 0 Å². The first-order valence-electron chi connectivity index (χ1n) is 8.53. The number of piperidine rings is 1. The fraction of sp³-hybridized carbons (Fsp3) is 0.350. The van der Waals surface area contributed by atoms with E-state index in [0.29, 0.717) is 18.2 Å². The predicted octanol–water partition coefficient (Wildman–Crippen LogP) is 3.59. The molecule has 0 amide bonds. The van der Waals surface area contributed by atoms with Crippen molar-refractivity contribution in [1.29, 1.82) is 5.26 Å². The number of hydrogen-bond donors (Lipinski definition) is 1. The molecule has 130 valence electrons. The Morgan fingerprint density at radius 2 is 1.68 bits per heavy atom. The summed E-state index contributed by atoms with van der Waals surface area (Å²) < 4.78 is 26.3. The summed E-state index contributed by atoms with van der Waals surface area (Å²) in [5, 5.41) is 12.4. The molecule has 0 spiro atoms. The van der Waals surface area contributed by atoms with Crippen molar-refractivity contribution in [1.82, 2.24) is 10.2 Å². The smallest absolute Gasteiger partial charge is 0.159 e. The van der Waals surface area contributed by atoms with E-state index in [1.807, 2.05) is 24.3 Å². The minimum Gasteiger partial charge on any atom is -0.310 e. The van der Waals surface area contributed by atoms with Gasteiger partial charge in [0.15, 0.2) is 11.6 Å². The van der Waals surface area contributed by atoms with E-state index >= 15 is 0 Å². The van der Waals surface area contributed by atoms with Crippen molar-refractivity contribution in [3.05, 3.63) is 70.8 Å². The van der Waals surface area contributed by atoms with Gasteiger partial charge in [-0.15, -0.1) is 0 Å². The van der Waals surface area contributed by atoms with Crippen LogP contribution in [0.3, 0.4) is 0 Å². The second kappa shape index (κ2) is 8.19. The monoisotopic (exact) mass is 341 g/mol. The molecule has 1 aliphatic heterocycles. The summed E-state index contributed by atoms with van der Waals surface area (Å²) in [5.41, 5.74) is 2.65. The third-order valence-corrected chi connectivity index (χ3v) is 4.66. The van der Waals surface area contributed by atoms with E-state index in [-0.39, 0.29) is 0 Å². The summed E-state index contributed by atoms with van der Waals surface area (Å²) >= 11 is 0. The molecule has 1 fully saturated rings. The third-order valence-electron chi connectivity index (χ3n) is 4.66. The molecule has 0 aromatic heterocycles. The van der Waals surface area contributed by atoms with E-state index in [1.165, 1.54) is 17.7 Å². The van der Waals surface area contributed by atoms with Gasteiger partial charge in [0.2, 0.25) is 0 Å². The first-order valence-corrected chi connectivity index (χ1v) is 8.53. The van der Waals surface area contributed by atoms with Gasteiger partial charge in [0, 0.05) is 19.1 Å². The van der Waals surface area contributed by atoms with E-state index in [1.54, 1.807) is 6.07 Å². The van der Waals surface area contributed by atoms with Crippen LogP contribution in [0.1, 0.15) is 29.5 Å². The number of nitrogens with one attached hydrogen (secondary N) is 1. The van der Waals surface area contributed by atoms with Crippen LogP contribution in [0, 0.1) is 23.0 Å². The van der Waals surface area contributed by atoms with Crippen molar-refractivity contribution in [2.24, 2.45) is 0 Å². The molecule has 0 radical (unpaired) electrons. The second-order valence-corrected chi connectivity index (χ2v) is 6.49. The second-order valence-electron chi connectivity index (χ2n) is 6.49. The fourth-order valence-corrected chi connectivity index (χ4v) is 3.15. The van der Waals surface area contributed by atoms with Gasteiger partial charge in [-0.25, -0.2) is 8.78 Å². The SMILES string of the molecule is N#Cc1ccc(CNC2CCN(Cc3ccc(F)c(F)c3)CC2)cc1. The lowest BCUT2D eigenvalue weighted by Gasteiger charge is -2.32. The molecule has 3 nitrogen and oxygen atoms in total. The Morgan fingerprint density at radius 1 is 1.00 bits per heavy atom. The lowest BCUT2D eigenvalue weighted by Crippen LogP contribution is -2.41. The maximum absolute atomic E-state index is 13.3. The molecular formula is C20H21F2N3. The highest BCUT2D eigenvalue weighted by atomic mass is 19.2. The summed E-state index contributed by atoms with van der Waals surface area (Å²) in [6.45, 7) is 3.31. The zero-order valence-electron chi connectivity index (χ0n) is 14.0. The van der Waals surface area contributed by atoms with Crippen molar-refractivity contribution in [3.8, 4) is 6.07 Å². The average molecular weight is 341 g/mol. The first kappa shape index (κ1) is 17.5. The van der Waals surface area contributed by atoms with Crippen molar-refractivity contribution in [2.75, 3.05) is 13.1 Å². The lowest BCUT2D eigenvalue weighted by molar-refractivity contribution is 0.190. The number of halogens is 2. The molecule has 1 N–H and O–H groups in total. The molecule has 0 aliphatic carbocycles. The molecule has 25 heavy (non-hydrogen) atoms. The number of likely N-dealkylation sites (tertiary alicyclic amines) is 1. The van der Waals surface area contributed by atoms with Gasteiger partial charge in [-0.2, -0.15) is 5.26 Å². The fourth-order valence-electron chi connectivity index (χ4n) is 3.15. The number of rotatable bonds is 5. The largest absolute Gasteiger partial charge is 0.310 e. The van der Waals surface area contributed by atoms with E-state index in [2.05, 4.69) is 16.3 Å². The highest BCUT2D eigenvalue weighted by Gasteiger charge is 2.19. The zero-order valence-corrected chi connectivity index (χ0v) is 14.0. The normalized spacial score (nSPS) is 15.9. The molecule has 2 aromatic carbocycles. The van der Waals surface area contributed by atoms with Crippen LogP contribution in [-0.4, -0.2) is 24.0 Å². The highest BCUT2D eigenvalue weighted by molar-refractivity contribution is 5.31. The first-order chi connectivity index (χ1) is 12.1. The van der Waals surface area contributed by atoms with Crippen LogP contribution < -0.4 is 5.32 Å². The minimum atomic E-state index is -0.797. The molecule has 0 saturated carbocycles. The van der Waals surface area contributed by atoms with Crippen LogP contribution in [0.2, 0.25) is 0 Å². The van der Waals surface area contributed by atoms with E-state index in [0.717, 1.165) is 38.0 Å². The standard InChI is InChI=1S/C20H21F2N3/c21-19-6-5-17(11-20(19)22)14-25-9-7-18(8-10-25)24-13-16-3-1-15(12-23)2-4-16/h1-6,11,18,24H,7-10,13-14H2. The summed E-state index contributed by atoms with van der Waals surface area (Å²) in [4.78, 5) is 2.27. The van der Waals surface area contributed by atoms with Crippen LogP contribution in [0.25, 0.3) is 0 Å². The molecule has 1 aliphatic rings. The number of nitriles is 1. The molecule has 0 unspecified atom stereocenters. The maximum Gasteiger partial charge on any atom is 0.159 e. The number of hydrogen-bond acceptors (Lipinski definition) is 3. The third kappa shape index (κ3) is 4.85. The molecule has 0 bridgehead atoms. The van der Waals surface area contributed by atoms with Gasteiger partial charge in [-0.3, -0.25) is 4.90 Å². The van der Waals surface area contributed by atoms with Gasteiger partial charge in [-0.1, -0.05) is 18.2 Å². The Labute approximate surface area is 146 Å². The molecule has 1 heterocycles. The van der Waals surface area contributed by atoms with Crippen molar-refractivity contribution in [2.45, 2.75) is 32.0 Å². The minimum absolute atomic E-state index is 0.455. The molecule has 3 rings (SSSR count). The summed E-state index contributed by atoms with van der Waals surface area (Å²) in [7, 11) is 0. The topological polar surface area (TPSA) is 39.1 Å². The Hall–Kier alpha value is -2.29. The van der Waals surface area contributed by atoms with Gasteiger partial charge in [0.05, 0.1) is 11.6 Å². The van der Waals surface area contributed by atoms with Crippen LogP contribution in [0.5, 0.6) is 0 Å². The molecule has 1 saturated heterocycles.